The van der Waals surface area contributed by atoms with E-state index in [0.717, 1.165) is 0 Å². The van der Waals surface area contributed by atoms with Gasteiger partial charge in [0.25, 0.3) is 0 Å². The monoisotopic (exact) mass is 432 g/mol. The Labute approximate surface area is 196 Å². The maximum absolute atomic E-state index is 3.57. The molecule has 0 amide bonds. The Bertz CT molecular complexity index is 1440. The molecule has 2 nitrogen and oxygen atoms in total. The molecule has 1 N–H and O–H groups in total. The molecular weight excluding hydrogens is 400 g/mol. The molecule has 1 aliphatic rings. The van der Waals surface area contributed by atoms with Crippen molar-refractivity contribution in [1.82, 2.24) is 9.55 Å². The van der Waals surface area contributed by atoms with Crippen molar-refractivity contribution in [3.63, 3.8) is 0 Å². The molecule has 6 rings (SSSR count). The van der Waals surface area contributed by atoms with Gasteiger partial charge in [0.05, 0.1) is 5.92 Å². The van der Waals surface area contributed by atoms with Crippen LogP contribution in [-0.4, -0.2) is 9.55 Å². The first-order valence-corrected chi connectivity index (χ1v) is 12.3. The van der Waals surface area contributed by atoms with Crippen molar-refractivity contribution < 1.29 is 0 Å². The first kappa shape index (κ1) is 20.4. The molecule has 33 heavy (non-hydrogen) atoms. The molecule has 2 heterocycles. The molecule has 1 fully saturated rings. The lowest BCUT2D eigenvalue weighted by atomic mass is 9.82. The van der Waals surface area contributed by atoms with Crippen LogP contribution >= 0.6 is 0 Å². The number of aryl methyl sites for hydroxylation is 3. The number of benzene rings is 3. The van der Waals surface area contributed by atoms with Gasteiger partial charge in [0.15, 0.2) is 0 Å². The lowest BCUT2D eigenvalue weighted by Crippen LogP contribution is -2.12. The van der Waals surface area contributed by atoms with Crippen molar-refractivity contribution in [2.75, 3.05) is 0 Å². The van der Waals surface area contributed by atoms with Gasteiger partial charge in [0, 0.05) is 40.7 Å². The summed E-state index contributed by atoms with van der Waals surface area (Å²) in [6.07, 6.45) is 7.54. The Morgan fingerprint density at radius 3 is 2.27 bits per heavy atom. The third kappa shape index (κ3) is 3.31. The average molecular weight is 433 g/mol. The minimum atomic E-state index is 0.188. The smallest absolute Gasteiger partial charge is 0.0517 e. The molecule has 2 aromatic heterocycles. The molecule has 5 aromatic rings. The minimum absolute atomic E-state index is 0.188. The Morgan fingerprint density at radius 2 is 1.52 bits per heavy atom. The number of aromatic nitrogens is 2. The van der Waals surface area contributed by atoms with Crippen LogP contribution in [0.4, 0.5) is 0 Å². The summed E-state index contributed by atoms with van der Waals surface area (Å²) in [5.74, 6) is 0.831. The first-order chi connectivity index (χ1) is 16.1. The van der Waals surface area contributed by atoms with Gasteiger partial charge in [0.1, 0.15) is 0 Å². The second-order valence-corrected chi connectivity index (χ2v) is 10.0. The van der Waals surface area contributed by atoms with Crippen molar-refractivity contribution in [3.05, 3.63) is 106 Å². The van der Waals surface area contributed by atoms with Gasteiger partial charge >= 0.3 is 0 Å². The quantitative estimate of drug-likeness (QED) is 0.296. The number of nitrogens with one attached hydrogen (secondary N) is 1. The van der Waals surface area contributed by atoms with Gasteiger partial charge in [-0.05, 0) is 61.4 Å². The fourth-order valence-corrected chi connectivity index (χ4v) is 6.43. The first-order valence-electron chi connectivity index (χ1n) is 12.3. The van der Waals surface area contributed by atoms with Crippen LogP contribution in [0.3, 0.4) is 0 Å². The summed E-state index contributed by atoms with van der Waals surface area (Å²) in [6, 6.07) is 24.9. The molecule has 1 aliphatic carbocycles. The Balaban J connectivity index is 1.71. The fourth-order valence-electron chi connectivity index (χ4n) is 6.43. The molecule has 0 radical (unpaired) electrons. The van der Waals surface area contributed by atoms with Crippen molar-refractivity contribution >= 4 is 21.8 Å². The number of H-pyrrole nitrogens is 1. The van der Waals surface area contributed by atoms with E-state index in [4.69, 9.17) is 0 Å². The van der Waals surface area contributed by atoms with Crippen LogP contribution in [0.2, 0.25) is 0 Å². The Kier molecular flexibility index (Phi) is 4.90. The molecule has 0 unspecified atom stereocenters. The third-order valence-electron chi connectivity index (χ3n) is 7.74. The lowest BCUT2D eigenvalue weighted by molar-refractivity contribution is 0.695. The van der Waals surface area contributed by atoms with E-state index in [9.17, 15) is 0 Å². The van der Waals surface area contributed by atoms with Crippen molar-refractivity contribution in [2.24, 2.45) is 7.05 Å². The molecule has 0 saturated heterocycles. The van der Waals surface area contributed by atoms with Gasteiger partial charge in [-0.2, -0.15) is 0 Å². The van der Waals surface area contributed by atoms with Gasteiger partial charge < -0.3 is 9.55 Å². The van der Waals surface area contributed by atoms with E-state index in [-0.39, 0.29) is 5.92 Å². The fraction of sp³-hybridized carbons (Fsp3) is 0.290. The number of nitrogens with zero attached hydrogens (tertiary/aromatic N) is 1. The van der Waals surface area contributed by atoms with E-state index in [1.54, 1.807) is 5.56 Å². The summed E-state index contributed by atoms with van der Waals surface area (Å²) in [6.45, 7) is 4.45. The predicted molar refractivity (Wildman–Crippen MR) is 139 cm³/mol. The summed E-state index contributed by atoms with van der Waals surface area (Å²) in [7, 11) is 2.28. The maximum atomic E-state index is 3.57. The van der Waals surface area contributed by atoms with Crippen LogP contribution in [0.15, 0.2) is 72.9 Å². The molecule has 0 spiro atoms. The average Bonchev–Trinajstić information content (AvgIpc) is 3.54. The number of para-hydroxylation sites is 2. The van der Waals surface area contributed by atoms with E-state index in [2.05, 4.69) is 103 Å². The molecule has 0 aliphatic heterocycles. The molecule has 2 heteroatoms. The van der Waals surface area contributed by atoms with Crippen molar-refractivity contribution in [3.8, 4) is 0 Å². The number of rotatable bonds is 4. The van der Waals surface area contributed by atoms with Crippen molar-refractivity contribution in [1.29, 1.82) is 0 Å². The van der Waals surface area contributed by atoms with Crippen molar-refractivity contribution in [2.45, 2.75) is 51.4 Å². The zero-order valence-electron chi connectivity index (χ0n) is 19.9. The zero-order valence-corrected chi connectivity index (χ0v) is 19.9. The van der Waals surface area contributed by atoms with E-state index in [1.165, 1.54) is 75.4 Å². The summed E-state index contributed by atoms with van der Waals surface area (Å²) in [5, 5.41) is 2.76. The van der Waals surface area contributed by atoms with Gasteiger partial charge in [-0.25, -0.2) is 0 Å². The van der Waals surface area contributed by atoms with Crippen LogP contribution in [0.25, 0.3) is 21.8 Å². The van der Waals surface area contributed by atoms with Crippen LogP contribution in [0.1, 0.15) is 71.0 Å². The van der Waals surface area contributed by atoms with Crippen LogP contribution in [-0.2, 0) is 7.05 Å². The molecule has 1 saturated carbocycles. The molecule has 166 valence electrons. The molecule has 0 bridgehead atoms. The van der Waals surface area contributed by atoms with Gasteiger partial charge in [0.2, 0.25) is 0 Å². The molecule has 3 aromatic carbocycles. The molecular formula is C31H32N2. The highest BCUT2D eigenvalue weighted by atomic mass is 15.0. The Morgan fingerprint density at radius 1 is 0.848 bits per heavy atom. The Hall–Kier alpha value is -3.26. The highest BCUT2D eigenvalue weighted by Crippen LogP contribution is 2.47. The van der Waals surface area contributed by atoms with Gasteiger partial charge in [-0.1, -0.05) is 78.6 Å². The number of hydrogen-bond donors (Lipinski definition) is 1. The molecule has 1 atom stereocenters. The normalized spacial score (nSPS) is 15.6. The van der Waals surface area contributed by atoms with E-state index in [0.29, 0.717) is 5.92 Å². The summed E-state index contributed by atoms with van der Waals surface area (Å²) in [5.41, 5.74) is 11.0. The van der Waals surface area contributed by atoms with E-state index >= 15 is 0 Å². The highest BCUT2D eigenvalue weighted by Gasteiger charge is 2.32. The number of hydrogen-bond acceptors (Lipinski definition) is 0. The van der Waals surface area contributed by atoms with E-state index < -0.39 is 0 Å². The largest absolute Gasteiger partial charge is 0.361 e. The number of aromatic amines is 1. The maximum Gasteiger partial charge on any atom is 0.0517 e. The standard InChI is InChI=1S/C31H32N2/c1-20-16-21(2)18-23(17-20)30(26-19-32-27-14-8-6-12-24(26)27)31-29(22-10-4-5-11-22)25-13-7-9-15-28(25)33(31)3/h6-9,12-19,22,30,32H,4-5,10-11H2,1-3H3/t30-/m0/s1. The van der Waals surface area contributed by atoms with Crippen LogP contribution in [0.5, 0.6) is 0 Å². The summed E-state index contributed by atoms with van der Waals surface area (Å²) < 4.78 is 2.49. The van der Waals surface area contributed by atoms with Crippen LogP contribution < -0.4 is 0 Å². The highest BCUT2D eigenvalue weighted by molar-refractivity contribution is 5.89. The van der Waals surface area contributed by atoms with Gasteiger partial charge in [-0.3, -0.25) is 0 Å². The lowest BCUT2D eigenvalue weighted by Gasteiger charge is -2.24. The summed E-state index contributed by atoms with van der Waals surface area (Å²) in [4.78, 5) is 3.57. The second kappa shape index (κ2) is 7.95. The predicted octanol–water partition coefficient (Wildman–Crippen LogP) is 8.11. The minimum Gasteiger partial charge on any atom is -0.361 e. The van der Waals surface area contributed by atoms with E-state index in [1.807, 2.05) is 0 Å². The second-order valence-electron chi connectivity index (χ2n) is 10.0. The summed E-state index contributed by atoms with van der Waals surface area (Å²) >= 11 is 0. The van der Waals surface area contributed by atoms with Crippen LogP contribution in [0, 0.1) is 13.8 Å². The third-order valence-corrected chi connectivity index (χ3v) is 7.74. The topological polar surface area (TPSA) is 20.7 Å². The SMILES string of the molecule is Cc1cc(C)cc([C@@H](c2c[nH]c3ccccc23)c2c(C3CCCC3)c3ccccc3n2C)c1. The van der Waals surface area contributed by atoms with Gasteiger partial charge in [-0.15, -0.1) is 0 Å². The zero-order chi connectivity index (χ0) is 22.5. The number of fused-ring (bicyclic) bond motifs is 2.